The summed E-state index contributed by atoms with van der Waals surface area (Å²) in [6, 6.07) is 12.9. The minimum absolute atomic E-state index is 0.102. The van der Waals surface area contributed by atoms with Gasteiger partial charge in [-0.25, -0.2) is 0 Å². The number of hydrogen-bond donors (Lipinski definition) is 1. The summed E-state index contributed by atoms with van der Waals surface area (Å²) < 4.78 is 4.70. The molecule has 0 aliphatic heterocycles. The van der Waals surface area contributed by atoms with Crippen LogP contribution in [0.3, 0.4) is 0 Å². The van der Waals surface area contributed by atoms with Gasteiger partial charge in [0.15, 0.2) is 0 Å². The zero-order valence-electron chi connectivity index (χ0n) is 11.7. The second-order valence-corrected chi connectivity index (χ2v) is 5.60. The summed E-state index contributed by atoms with van der Waals surface area (Å²) in [6.45, 7) is 0. The van der Waals surface area contributed by atoms with Crippen molar-refractivity contribution in [3.05, 3.63) is 58.3 Å². The predicted octanol–water partition coefficient (Wildman–Crippen LogP) is 2.71. The Labute approximate surface area is 127 Å². The third kappa shape index (κ3) is 4.72. The smallest absolute Gasteiger partial charge is 0.307 e. The highest BCUT2D eigenvalue weighted by molar-refractivity contribution is 7.10. The van der Waals surface area contributed by atoms with Gasteiger partial charge in [0.05, 0.1) is 26.0 Å². The Hall–Kier alpha value is -2.14. The minimum Gasteiger partial charge on any atom is -0.469 e. The Kier molecular flexibility index (Phi) is 5.51. The van der Waals surface area contributed by atoms with Gasteiger partial charge in [0.25, 0.3) is 0 Å². The molecule has 1 N–H and O–H groups in total. The Bertz CT molecular complexity index is 581. The molecule has 0 fully saturated rings. The number of rotatable bonds is 6. The van der Waals surface area contributed by atoms with Crippen LogP contribution >= 0.6 is 11.3 Å². The van der Waals surface area contributed by atoms with Crippen LogP contribution < -0.4 is 5.32 Å². The first-order valence-electron chi connectivity index (χ1n) is 6.62. The van der Waals surface area contributed by atoms with E-state index < -0.39 is 0 Å². The Balaban J connectivity index is 2.05. The van der Waals surface area contributed by atoms with E-state index >= 15 is 0 Å². The molecule has 4 nitrogen and oxygen atoms in total. The van der Waals surface area contributed by atoms with Crippen molar-refractivity contribution in [3.8, 4) is 0 Å². The van der Waals surface area contributed by atoms with Gasteiger partial charge in [0, 0.05) is 4.88 Å². The summed E-state index contributed by atoms with van der Waals surface area (Å²) in [5, 5.41) is 4.84. The Morgan fingerprint density at radius 3 is 2.57 bits per heavy atom. The minimum atomic E-state index is -0.369. The molecule has 21 heavy (non-hydrogen) atoms. The lowest BCUT2D eigenvalue weighted by Gasteiger charge is -2.18. The summed E-state index contributed by atoms with van der Waals surface area (Å²) in [6.07, 6.45) is 0.443. The fourth-order valence-electron chi connectivity index (χ4n) is 2.00. The SMILES string of the molecule is COC(=O)C[C@@H](NC(=O)Cc1cccs1)c1ccccc1. The van der Waals surface area contributed by atoms with Crippen molar-refractivity contribution < 1.29 is 14.3 Å². The molecular weight excluding hydrogens is 286 g/mol. The highest BCUT2D eigenvalue weighted by Crippen LogP contribution is 2.18. The van der Waals surface area contributed by atoms with E-state index in [0.717, 1.165) is 10.4 Å². The molecule has 0 spiro atoms. The molecule has 5 heteroatoms. The van der Waals surface area contributed by atoms with Crippen LogP contribution in [-0.4, -0.2) is 19.0 Å². The molecule has 2 rings (SSSR count). The van der Waals surface area contributed by atoms with Crippen molar-refractivity contribution in [2.24, 2.45) is 0 Å². The average Bonchev–Trinajstić information content (AvgIpc) is 3.00. The van der Waals surface area contributed by atoms with Gasteiger partial charge >= 0.3 is 5.97 Å². The van der Waals surface area contributed by atoms with Crippen LogP contribution in [0.25, 0.3) is 0 Å². The lowest BCUT2D eigenvalue weighted by molar-refractivity contribution is -0.141. The molecule has 0 bridgehead atoms. The zero-order chi connectivity index (χ0) is 15.1. The number of methoxy groups -OCH3 is 1. The highest BCUT2D eigenvalue weighted by atomic mass is 32.1. The van der Waals surface area contributed by atoms with Crippen LogP contribution in [-0.2, 0) is 20.7 Å². The maximum atomic E-state index is 12.1. The molecular formula is C16H17NO3S. The molecule has 1 aromatic heterocycles. The van der Waals surface area contributed by atoms with Gasteiger partial charge in [-0.15, -0.1) is 11.3 Å². The van der Waals surface area contributed by atoms with Crippen LogP contribution in [0.1, 0.15) is 22.9 Å². The number of thiophene rings is 1. The average molecular weight is 303 g/mol. The molecule has 2 aromatic rings. The summed E-state index contributed by atoms with van der Waals surface area (Å²) in [7, 11) is 1.35. The van der Waals surface area contributed by atoms with Crippen molar-refractivity contribution in [3.63, 3.8) is 0 Å². The fourth-order valence-corrected chi connectivity index (χ4v) is 2.71. The molecule has 0 unspecified atom stereocenters. The fraction of sp³-hybridized carbons (Fsp3) is 0.250. The molecule has 0 saturated carbocycles. The van der Waals surface area contributed by atoms with Crippen molar-refractivity contribution in [2.75, 3.05) is 7.11 Å². The van der Waals surface area contributed by atoms with Gasteiger partial charge in [-0.2, -0.15) is 0 Å². The van der Waals surface area contributed by atoms with Gasteiger partial charge in [-0.1, -0.05) is 36.4 Å². The quantitative estimate of drug-likeness (QED) is 0.835. The number of carbonyl (C=O) groups is 2. The van der Waals surface area contributed by atoms with Crippen LogP contribution in [0.5, 0.6) is 0 Å². The summed E-state index contributed by atoms with van der Waals surface area (Å²) in [5.41, 5.74) is 0.891. The van der Waals surface area contributed by atoms with E-state index in [9.17, 15) is 9.59 Å². The van der Waals surface area contributed by atoms with E-state index in [4.69, 9.17) is 4.74 Å². The van der Waals surface area contributed by atoms with Crippen LogP contribution in [0.4, 0.5) is 0 Å². The van der Waals surface area contributed by atoms with Gasteiger partial charge in [0.1, 0.15) is 0 Å². The van der Waals surface area contributed by atoms with Crippen LogP contribution in [0, 0.1) is 0 Å². The van der Waals surface area contributed by atoms with Crippen molar-refractivity contribution in [1.29, 1.82) is 0 Å². The van der Waals surface area contributed by atoms with Gasteiger partial charge in [0.2, 0.25) is 5.91 Å². The topological polar surface area (TPSA) is 55.4 Å². The highest BCUT2D eigenvalue weighted by Gasteiger charge is 2.18. The summed E-state index contributed by atoms with van der Waals surface area (Å²) in [4.78, 5) is 24.6. The van der Waals surface area contributed by atoms with Gasteiger partial charge in [-0.05, 0) is 17.0 Å². The first kappa shape index (κ1) is 15.3. The molecule has 1 aromatic carbocycles. The molecule has 0 aliphatic rings. The van der Waals surface area contributed by atoms with E-state index in [1.165, 1.54) is 7.11 Å². The number of ether oxygens (including phenoxy) is 1. The first-order chi connectivity index (χ1) is 10.2. The number of carbonyl (C=O) groups excluding carboxylic acids is 2. The monoisotopic (exact) mass is 303 g/mol. The van der Waals surface area contributed by atoms with Crippen LogP contribution in [0.15, 0.2) is 47.8 Å². The molecule has 0 radical (unpaired) electrons. The van der Waals surface area contributed by atoms with Crippen LogP contribution in [0.2, 0.25) is 0 Å². The number of benzene rings is 1. The Morgan fingerprint density at radius 1 is 1.19 bits per heavy atom. The maximum absolute atomic E-state index is 12.1. The molecule has 1 atom stereocenters. The molecule has 110 valence electrons. The lowest BCUT2D eigenvalue weighted by atomic mass is 10.0. The number of esters is 1. The Morgan fingerprint density at radius 2 is 1.95 bits per heavy atom. The van der Waals surface area contributed by atoms with Gasteiger partial charge in [-0.3, -0.25) is 9.59 Å². The zero-order valence-corrected chi connectivity index (χ0v) is 12.6. The molecule has 0 saturated heterocycles. The van der Waals surface area contributed by atoms with Crippen molar-refractivity contribution in [1.82, 2.24) is 5.32 Å². The maximum Gasteiger partial charge on any atom is 0.307 e. The van der Waals surface area contributed by atoms with E-state index in [1.807, 2.05) is 47.8 Å². The molecule has 1 amide bonds. The van der Waals surface area contributed by atoms with Crippen molar-refractivity contribution in [2.45, 2.75) is 18.9 Å². The number of amides is 1. The summed E-state index contributed by atoms with van der Waals surface area (Å²) >= 11 is 1.54. The normalized spacial score (nSPS) is 11.7. The van der Waals surface area contributed by atoms with E-state index in [0.29, 0.717) is 6.42 Å². The number of nitrogens with one attached hydrogen (secondary N) is 1. The third-order valence-electron chi connectivity index (χ3n) is 3.05. The second kappa shape index (κ2) is 7.59. The van der Waals surface area contributed by atoms with E-state index in [2.05, 4.69) is 5.32 Å². The lowest BCUT2D eigenvalue weighted by Crippen LogP contribution is -2.31. The third-order valence-corrected chi connectivity index (χ3v) is 3.93. The second-order valence-electron chi connectivity index (χ2n) is 4.57. The molecule has 1 heterocycles. The largest absolute Gasteiger partial charge is 0.469 e. The number of hydrogen-bond acceptors (Lipinski definition) is 4. The predicted molar refractivity (Wildman–Crippen MR) is 82.0 cm³/mol. The van der Waals surface area contributed by atoms with E-state index in [-0.39, 0.29) is 24.3 Å². The molecule has 0 aliphatic carbocycles. The standard InChI is InChI=1S/C16H17NO3S/c1-20-16(19)11-14(12-6-3-2-4-7-12)17-15(18)10-13-8-5-9-21-13/h2-9,14H,10-11H2,1H3,(H,17,18)/t14-/m1/s1. The van der Waals surface area contributed by atoms with E-state index in [1.54, 1.807) is 11.3 Å². The first-order valence-corrected chi connectivity index (χ1v) is 7.50. The summed E-state index contributed by atoms with van der Waals surface area (Å²) in [5.74, 6) is -0.449. The van der Waals surface area contributed by atoms with Gasteiger partial charge < -0.3 is 10.1 Å². The van der Waals surface area contributed by atoms with Crippen molar-refractivity contribution >= 4 is 23.2 Å².